The number of rotatable bonds is 1. The summed E-state index contributed by atoms with van der Waals surface area (Å²) in [6, 6.07) is 1.85. The maximum atomic E-state index is 5.92. The lowest BCUT2D eigenvalue weighted by molar-refractivity contribution is 0.253. The molecule has 0 bridgehead atoms. The minimum atomic E-state index is 0.313. The molecule has 0 atom stereocenters. The molecule has 2 rings (SSSR count). The van der Waals surface area contributed by atoms with E-state index in [9.17, 15) is 0 Å². The van der Waals surface area contributed by atoms with Crippen LogP contribution >= 0.6 is 11.6 Å². The molecule has 15 heavy (non-hydrogen) atoms. The van der Waals surface area contributed by atoms with E-state index in [-0.39, 0.29) is 0 Å². The number of halogens is 1. The van der Waals surface area contributed by atoms with Gasteiger partial charge in [-0.15, -0.1) is 5.10 Å². The van der Waals surface area contributed by atoms with Crippen LogP contribution in [0.3, 0.4) is 0 Å². The van der Waals surface area contributed by atoms with Crippen molar-refractivity contribution in [3.05, 3.63) is 16.8 Å². The summed E-state index contributed by atoms with van der Waals surface area (Å²) in [7, 11) is 2.14. The van der Waals surface area contributed by atoms with Gasteiger partial charge in [0.2, 0.25) is 0 Å². The van der Waals surface area contributed by atoms with Crippen LogP contribution in [0.1, 0.15) is 24.5 Å². The summed E-state index contributed by atoms with van der Waals surface area (Å²) in [5, 5.41) is 8.48. The van der Waals surface area contributed by atoms with Crippen LogP contribution in [0.5, 0.6) is 0 Å². The van der Waals surface area contributed by atoms with Crippen molar-refractivity contribution in [2.45, 2.75) is 18.8 Å². The van der Waals surface area contributed by atoms with Crippen molar-refractivity contribution in [2.75, 3.05) is 25.9 Å². The molecule has 0 aromatic carbocycles. The smallest absolute Gasteiger partial charge is 0.164 e. The van der Waals surface area contributed by atoms with Crippen LogP contribution < -0.4 is 5.73 Å². The molecule has 0 unspecified atom stereocenters. The molecular formula is C10H15ClN4. The van der Waals surface area contributed by atoms with Gasteiger partial charge in [0, 0.05) is 5.92 Å². The van der Waals surface area contributed by atoms with E-state index in [4.69, 9.17) is 17.3 Å². The summed E-state index contributed by atoms with van der Waals surface area (Å²) >= 11 is 5.92. The number of anilines is 1. The third-order valence-electron chi connectivity index (χ3n) is 2.93. The van der Waals surface area contributed by atoms with Crippen molar-refractivity contribution in [3.63, 3.8) is 0 Å². The highest BCUT2D eigenvalue weighted by Crippen LogP contribution is 2.28. The van der Waals surface area contributed by atoms with Crippen LogP contribution in [0.25, 0.3) is 0 Å². The van der Waals surface area contributed by atoms with Crippen LogP contribution in [0, 0.1) is 0 Å². The maximum Gasteiger partial charge on any atom is 0.164 e. The van der Waals surface area contributed by atoms with Crippen molar-refractivity contribution in [1.29, 1.82) is 0 Å². The Balaban J connectivity index is 2.12. The van der Waals surface area contributed by atoms with E-state index in [0.717, 1.165) is 31.6 Å². The zero-order valence-electron chi connectivity index (χ0n) is 8.78. The summed E-state index contributed by atoms with van der Waals surface area (Å²) in [5.74, 6) is 0.792. The molecule has 0 amide bonds. The average molecular weight is 227 g/mol. The lowest BCUT2D eigenvalue weighted by Crippen LogP contribution is -2.29. The zero-order valence-corrected chi connectivity index (χ0v) is 9.54. The highest BCUT2D eigenvalue weighted by atomic mass is 35.5. The van der Waals surface area contributed by atoms with Gasteiger partial charge in [-0.25, -0.2) is 0 Å². The largest absolute Gasteiger partial charge is 0.381 e. The van der Waals surface area contributed by atoms with E-state index in [0.29, 0.717) is 16.8 Å². The first-order valence-corrected chi connectivity index (χ1v) is 5.52. The molecule has 1 aromatic heterocycles. The number of hydrogen-bond donors (Lipinski definition) is 1. The Kier molecular flexibility index (Phi) is 3.07. The Morgan fingerprint density at radius 3 is 2.67 bits per heavy atom. The number of likely N-dealkylation sites (tertiary alicyclic amines) is 1. The van der Waals surface area contributed by atoms with Gasteiger partial charge in [-0.2, -0.15) is 5.10 Å². The fourth-order valence-electron chi connectivity index (χ4n) is 1.90. The van der Waals surface area contributed by atoms with E-state index < -0.39 is 0 Å². The van der Waals surface area contributed by atoms with Crippen molar-refractivity contribution in [2.24, 2.45) is 0 Å². The zero-order chi connectivity index (χ0) is 10.8. The predicted octanol–water partition coefficient (Wildman–Crippen LogP) is 1.52. The van der Waals surface area contributed by atoms with E-state index >= 15 is 0 Å². The number of nitrogen functional groups attached to an aromatic ring is 1. The van der Waals surface area contributed by atoms with Gasteiger partial charge in [-0.1, -0.05) is 11.6 Å². The summed E-state index contributed by atoms with van der Waals surface area (Å²) in [4.78, 5) is 2.32. The Labute approximate surface area is 94.4 Å². The van der Waals surface area contributed by atoms with Gasteiger partial charge in [0.1, 0.15) is 0 Å². The topological polar surface area (TPSA) is 55.0 Å². The minimum Gasteiger partial charge on any atom is -0.381 e. The van der Waals surface area contributed by atoms with Gasteiger partial charge in [0.05, 0.1) is 10.7 Å². The molecule has 0 saturated carbocycles. The molecular weight excluding hydrogens is 212 g/mol. The van der Waals surface area contributed by atoms with E-state index in [1.165, 1.54) is 0 Å². The van der Waals surface area contributed by atoms with Crippen molar-refractivity contribution >= 4 is 17.4 Å². The standard InChI is InChI=1S/C10H15ClN4/c1-15-4-2-7(3-5-15)9-6-8(11)10(12)14-13-9/h6-7H,2-5H2,1H3,(H2,12,14). The van der Waals surface area contributed by atoms with Crippen molar-refractivity contribution in [1.82, 2.24) is 15.1 Å². The molecule has 82 valence electrons. The molecule has 1 aromatic rings. The van der Waals surface area contributed by atoms with Gasteiger partial charge in [-0.3, -0.25) is 0 Å². The highest BCUT2D eigenvalue weighted by Gasteiger charge is 2.20. The predicted molar refractivity (Wildman–Crippen MR) is 60.9 cm³/mol. The van der Waals surface area contributed by atoms with Crippen molar-refractivity contribution in [3.8, 4) is 0 Å². The Bertz CT molecular complexity index is 347. The number of nitrogens with two attached hydrogens (primary N) is 1. The second-order valence-corrected chi connectivity index (χ2v) is 4.49. The molecule has 0 spiro atoms. The quantitative estimate of drug-likeness (QED) is 0.789. The molecule has 1 saturated heterocycles. The second kappa shape index (κ2) is 4.33. The van der Waals surface area contributed by atoms with Crippen LogP contribution in [-0.2, 0) is 0 Å². The number of aromatic nitrogens is 2. The van der Waals surface area contributed by atoms with Crippen molar-refractivity contribution < 1.29 is 0 Å². The number of piperidine rings is 1. The third kappa shape index (κ3) is 2.38. The first-order valence-electron chi connectivity index (χ1n) is 5.14. The van der Waals surface area contributed by atoms with E-state index in [2.05, 4.69) is 22.1 Å². The lowest BCUT2D eigenvalue weighted by Gasteiger charge is -2.28. The van der Waals surface area contributed by atoms with Crippen LogP contribution in [0.2, 0.25) is 5.02 Å². The molecule has 4 nitrogen and oxygen atoms in total. The lowest BCUT2D eigenvalue weighted by atomic mass is 9.94. The normalized spacial score (nSPS) is 19.3. The Morgan fingerprint density at radius 2 is 2.07 bits per heavy atom. The Hall–Kier alpha value is -0.870. The van der Waals surface area contributed by atoms with Gasteiger partial charge >= 0.3 is 0 Å². The summed E-state index contributed by atoms with van der Waals surface area (Å²) in [6.07, 6.45) is 2.23. The first kappa shape index (κ1) is 10.6. The summed E-state index contributed by atoms with van der Waals surface area (Å²) < 4.78 is 0. The molecule has 1 aliphatic heterocycles. The van der Waals surface area contributed by atoms with Gasteiger partial charge in [-0.05, 0) is 39.0 Å². The number of nitrogens with zero attached hydrogens (tertiary/aromatic N) is 3. The highest BCUT2D eigenvalue weighted by molar-refractivity contribution is 6.32. The average Bonchev–Trinajstić information content (AvgIpc) is 2.23. The molecule has 1 aliphatic rings. The monoisotopic (exact) mass is 226 g/mol. The molecule has 2 N–H and O–H groups in total. The fourth-order valence-corrected chi connectivity index (χ4v) is 2.05. The molecule has 0 radical (unpaired) electrons. The van der Waals surface area contributed by atoms with Crippen LogP contribution in [0.4, 0.5) is 5.82 Å². The molecule has 2 heterocycles. The molecule has 1 fully saturated rings. The van der Waals surface area contributed by atoms with Gasteiger partial charge in [0.25, 0.3) is 0 Å². The van der Waals surface area contributed by atoms with Crippen LogP contribution in [-0.4, -0.2) is 35.2 Å². The third-order valence-corrected chi connectivity index (χ3v) is 3.23. The fraction of sp³-hybridized carbons (Fsp3) is 0.600. The Morgan fingerprint density at radius 1 is 1.40 bits per heavy atom. The number of hydrogen-bond acceptors (Lipinski definition) is 4. The molecule has 0 aliphatic carbocycles. The SMILES string of the molecule is CN1CCC(c2cc(Cl)c(N)nn2)CC1. The maximum absolute atomic E-state index is 5.92. The van der Waals surface area contributed by atoms with E-state index in [1.54, 1.807) is 0 Å². The molecule has 5 heteroatoms. The van der Waals surface area contributed by atoms with E-state index in [1.807, 2.05) is 6.07 Å². The van der Waals surface area contributed by atoms with Gasteiger partial charge < -0.3 is 10.6 Å². The second-order valence-electron chi connectivity index (χ2n) is 4.08. The van der Waals surface area contributed by atoms with Gasteiger partial charge in [0.15, 0.2) is 5.82 Å². The first-order chi connectivity index (χ1) is 7.16. The summed E-state index contributed by atoms with van der Waals surface area (Å²) in [6.45, 7) is 2.21. The minimum absolute atomic E-state index is 0.313. The summed E-state index contributed by atoms with van der Waals surface area (Å²) in [5.41, 5.74) is 6.50. The van der Waals surface area contributed by atoms with Crippen LogP contribution in [0.15, 0.2) is 6.07 Å².